The van der Waals surface area contributed by atoms with Crippen LogP contribution in [0.4, 0.5) is 0 Å². The molecule has 4 nitrogen and oxygen atoms in total. The lowest BCUT2D eigenvalue weighted by atomic mass is 9.77. The maximum atomic E-state index is 13.0. The van der Waals surface area contributed by atoms with E-state index in [4.69, 9.17) is 9.31 Å². The normalized spacial score (nSPS) is 26.3. The maximum absolute atomic E-state index is 13.0. The van der Waals surface area contributed by atoms with Crippen LogP contribution in [0, 0.1) is 0 Å². The monoisotopic (exact) mass is 334 g/mol. The lowest BCUT2D eigenvalue weighted by Gasteiger charge is -2.32. The van der Waals surface area contributed by atoms with Crippen molar-refractivity contribution in [3.8, 4) is 0 Å². The first-order valence-electron chi connectivity index (χ1n) is 8.00. The Morgan fingerprint density at radius 1 is 1.04 bits per heavy atom. The lowest BCUT2D eigenvalue weighted by Crippen LogP contribution is -2.41. The summed E-state index contributed by atoms with van der Waals surface area (Å²) < 4.78 is 38.1. The molecule has 0 amide bonds. The molecule has 6 heteroatoms. The van der Waals surface area contributed by atoms with E-state index in [0.29, 0.717) is 11.3 Å². The molecule has 23 heavy (non-hydrogen) atoms. The fourth-order valence-corrected chi connectivity index (χ4v) is 4.91. The van der Waals surface area contributed by atoms with Crippen LogP contribution in [0.2, 0.25) is 0 Å². The summed E-state index contributed by atoms with van der Waals surface area (Å²) in [5.74, 6) is 0. The number of hydrogen-bond acceptors (Lipinski definition) is 4. The first-order valence-corrected chi connectivity index (χ1v) is 9.54. The van der Waals surface area contributed by atoms with Crippen molar-refractivity contribution >= 4 is 17.0 Å². The van der Waals surface area contributed by atoms with Gasteiger partial charge in [-0.05, 0) is 58.1 Å². The van der Waals surface area contributed by atoms with Gasteiger partial charge in [-0.1, -0.05) is 24.3 Å². The molecular formula is C17H23BO4S. The highest BCUT2D eigenvalue weighted by atomic mass is 32.2. The van der Waals surface area contributed by atoms with Crippen LogP contribution in [0.1, 0.15) is 40.5 Å². The van der Waals surface area contributed by atoms with Crippen LogP contribution in [-0.2, 0) is 19.1 Å². The van der Waals surface area contributed by atoms with Gasteiger partial charge in [0, 0.05) is 0 Å². The van der Waals surface area contributed by atoms with Gasteiger partial charge >= 0.3 is 7.12 Å². The topological polar surface area (TPSA) is 52.6 Å². The second-order valence-corrected chi connectivity index (χ2v) is 9.35. The van der Waals surface area contributed by atoms with E-state index in [1.807, 2.05) is 39.8 Å². The van der Waals surface area contributed by atoms with Crippen LogP contribution in [0.15, 0.2) is 46.8 Å². The first-order chi connectivity index (χ1) is 10.7. The molecule has 2 aliphatic rings. The van der Waals surface area contributed by atoms with Crippen molar-refractivity contribution in [2.45, 2.75) is 61.9 Å². The average molecular weight is 334 g/mol. The molecule has 1 aromatic rings. The molecule has 1 aromatic carbocycles. The minimum Gasteiger partial charge on any atom is -0.400 e. The van der Waals surface area contributed by atoms with Gasteiger partial charge in [0.2, 0.25) is 0 Å². The Hall–Kier alpha value is -1.11. The second kappa shape index (κ2) is 5.47. The molecule has 1 heterocycles. The van der Waals surface area contributed by atoms with E-state index < -0.39 is 33.4 Å². The molecule has 0 N–H and O–H groups in total. The molecule has 1 aliphatic carbocycles. The van der Waals surface area contributed by atoms with Gasteiger partial charge in [0.25, 0.3) is 0 Å². The average Bonchev–Trinajstić information content (AvgIpc) is 3.03. The van der Waals surface area contributed by atoms with Crippen molar-refractivity contribution in [3.05, 3.63) is 41.9 Å². The summed E-state index contributed by atoms with van der Waals surface area (Å²) in [6, 6.07) is 8.61. The van der Waals surface area contributed by atoms with E-state index in [-0.39, 0.29) is 0 Å². The smallest absolute Gasteiger partial charge is 0.400 e. The summed E-state index contributed by atoms with van der Waals surface area (Å²) in [6.07, 6.45) is 3.28. The number of allylic oxidation sites excluding steroid dienone is 1. The van der Waals surface area contributed by atoms with Gasteiger partial charge < -0.3 is 9.31 Å². The standard InChI is InChI=1S/C17H23BO4S/c1-16(2)17(3,4)22-18(21-16)14-11-8-12-15(14)23(19,20)13-9-6-5-7-10-13/h5-7,9-11,15H,8,12H2,1-4H3. The SMILES string of the molecule is CC1(C)OB(C2=CCCC2S(=O)(=O)c2ccccc2)OC1(C)C. The van der Waals surface area contributed by atoms with Gasteiger partial charge in [0.15, 0.2) is 9.84 Å². The zero-order valence-corrected chi connectivity index (χ0v) is 14.9. The zero-order chi connectivity index (χ0) is 16.9. The summed E-state index contributed by atoms with van der Waals surface area (Å²) in [5, 5.41) is -0.570. The van der Waals surface area contributed by atoms with Gasteiger partial charge in [0.05, 0.1) is 21.3 Å². The van der Waals surface area contributed by atoms with E-state index in [0.717, 1.165) is 11.9 Å². The first kappa shape index (κ1) is 16.7. The molecule has 3 rings (SSSR count). The molecule has 124 valence electrons. The fourth-order valence-electron chi connectivity index (χ4n) is 3.04. The number of hydrogen-bond donors (Lipinski definition) is 0. The van der Waals surface area contributed by atoms with Gasteiger partial charge in [-0.2, -0.15) is 0 Å². The molecule has 0 bridgehead atoms. The van der Waals surface area contributed by atoms with E-state index >= 15 is 0 Å². The summed E-state index contributed by atoms with van der Waals surface area (Å²) in [6.45, 7) is 7.90. The van der Waals surface area contributed by atoms with Gasteiger partial charge in [0.1, 0.15) is 0 Å². The third-order valence-electron chi connectivity index (χ3n) is 5.15. The van der Waals surface area contributed by atoms with Gasteiger partial charge in [-0.15, -0.1) is 0 Å². The van der Waals surface area contributed by atoms with Crippen LogP contribution in [0.25, 0.3) is 0 Å². The molecule has 1 saturated heterocycles. The summed E-state index contributed by atoms with van der Waals surface area (Å²) >= 11 is 0. The lowest BCUT2D eigenvalue weighted by molar-refractivity contribution is 0.00578. The number of rotatable bonds is 3. The molecule has 0 aromatic heterocycles. The molecule has 0 radical (unpaired) electrons. The van der Waals surface area contributed by atoms with E-state index in [1.54, 1.807) is 24.3 Å². The fraction of sp³-hybridized carbons (Fsp3) is 0.529. The van der Waals surface area contributed by atoms with E-state index in [1.165, 1.54) is 0 Å². The Bertz CT molecular complexity index is 706. The Morgan fingerprint density at radius 2 is 1.61 bits per heavy atom. The molecule has 1 atom stereocenters. The van der Waals surface area contributed by atoms with Crippen LogP contribution in [-0.4, -0.2) is 32.0 Å². The van der Waals surface area contributed by atoms with Gasteiger partial charge in [-0.3, -0.25) is 0 Å². The molecule has 0 spiro atoms. The van der Waals surface area contributed by atoms with Crippen LogP contribution in [0.5, 0.6) is 0 Å². The molecule has 1 aliphatic heterocycles. The largest absolute Gasteiger partial charge is 0.491 e. The minimum atomic E-state index is -3.43. The van der Waals surface area contributed by atoms with Crippen LogP contribution >= 0.6 is 0 Å². The van der Waals surface area contributed by atoms with E-state index in [2.05, 4.69) is 0 Å². The molecule has 1 fully saturated rings. The molecule has 1 unspecified atom stereocenters. The summed E-state index contributed by atoms with van der Waals surface area (Å²) in [7, 11) is -4.02. The summed E-state index contributed by atoms with van der Waals surface area (Å²) in [4.78, 5) is 0.356. The highest BCUT2D eigenvalue weighted by Crippen LogP contribution is 2.42. The maximum Gasteiger partial charge on any atom is 0.491 e. The third kappa shape index (κ3) is 2.77. The van der Waals surface area contributed by atoms with Crippen LogP contribution < -0.4 is 0 Å². The highest BCUT2D eigenvalue weighted by molar-refractivity contribution is 7.92. The quantitative estimate of drug-likeness (QED) is 0.797. The number of benzene rings is 1. The van der Waals surface area contributed by atoms with Crippen molar-refractivity contribution < 1.29 is 17.7 Å². The third-order valence-corrected chi connectivity index (χ3v) is 7.34. The molecule has 0 saturated carbocycles. The molecular weight excluding hydrogens is 311 g/mol. The van der Waals surface area contributed by atoms with Crippen LogP contribution in [0.3, 0.4) is 0 Å². The zero-order valence-electron chi connectivity index (χ0n) is 14.1. The Kier molecular flexibility index (Phi) is 3.98. The minimum absolute atomic E-state index is 0.356. The van der Waals surface area contributed by atoms with Crippen molar-refractivity contribution in [3.63, 3.8) is 0 Å². The predicted molar refractivity (Wildman–Crippen MR) is 90.8 cm³/mol. The van der Waals surface area contributed by atoms with Crippen molar-refractivity contribution in [1.82, 2.24) is 0 Å². The van der Waals surface area contributed by atoms with Crippen molar-refractivity contribution in [1.29, 1.82) is 0 Å². The van der Waals surface area contributed by atoms with Crippen molar-refractivity contribution in [2.24, 2.45) is 0 Å². The van der Waals surface area contributed by atoms with Gasteiger partial charge in [-0.25, -0.2) is 8.42 Å². The number of sulfone groups is 1. The second-order valence-electron chi connectivity index (χ2n) is 7.22. The predicted octanol–water partition coefficient (Wildman–Crippen LogP) is 3.18. The van der Waals surface area contributed by atoms with Crippen molar-refractivity contribution in [2.75, 3.05) is 0 Å². The Balaban J connectivity index is 1.91. The Labute approximate surface area is 138 Å². The highest BCUT2D eigenvalue weighted by Gasteiger charge is 2.55. The summed E-state index contributed by atoms with van der Waals surface area (Å²) in [5.41, 5.74) is -0.197. The van der Waals surface area contributed by atoms with E-state index in [9.17, 15) is 8.42 Å². The Morgan fingerprint density at radius 3 is 2.17 bits per heavy atom.